The molecule has 0 bridgehead atoms. The van der Waals surface area contributed by atoms with Gasteiger partial charge in [-0.25, -0.2) is 9.97 Å². The molecule has 0 aliphatic heterocycles. The largest absolute Gasteiger partial charge is 0.366 e. The Morgan fingerprint density at radius 2 is 1.58 bits per heavy atom. The van der Waals surface area contributed by atoms with E-state index in [2.05, 4.69) is 55.6 Å². The Morgan fingerprint density at radius 1 is 0.769 bits per heavy atom. The van der Waals surface area contributed by atoms with E-state index in [9.17, 15) is 0 Å². The van der Waals surface area contributed by atoms with E-state index in [4.69, 9.17) is 0 Å². The molecule has 26 heavy (non-hydrogen) atoms. The fourth-order valence-corrected chi connectivity index (χ4v) is 3.09. The molecular weight excluding hydrogens is 322 g/mol. The maximum Gasteiger partial charge on any atom is 0.137 e. The highest BCUT2D eigenvalue weighted by molar-refractivity contribution is 5.88. The van der Waals surface area contributed by atoms with E-state index < -0.39 is 0 Å². The first-order valence-electron chi connectivity index (χ1n) is 8.62. The molecule has 1 aromatic carbocycles. The number of nitrogens with one attached hydrogen (secondary N) is 1. The third kappa shape index (κ3) is 3.83. The minimum Gasteiger partial charge on any atom is -0.366 e. The Kier molecular flexibility index (Phi) is 4.78. The number of hydrogen-bond acceptors (Lipinski definition) is 5. The van der Waals surface area contributed by atoms with Crippen molar-refractivity contribution in [3.63, 3.8) is 0 Å². The Hall–Kier alpha value is -3.34. The molecule has 0 fully saturated rings. The van der Waals surface area contributed by atoms with E-state index in [-0.39, 0.29) is 6.04 Å². The van der Waals surface area contributed by atoms with Crippen LogP contribution in [0.5, 0.6) is 0 Å². The number of fused-ring (bicyclic) bond motifs is 1. The highest BCUT2D eigenvalue weighted by Crippen LogP contribution is 2.20. The summed E-state index contributed by atoms with van der Waals surface area (Å²) in [7, 11) is 0. The van der Waals surface area contributed by atoms with E-state index in [0.29, 0.717) is 0 Å². The van der Waals surface area contributed by atoms with Gasteiger partial charge in [-0.1, -0.05) is 36.4 Å². The summed E-state index contributed by atoms with van der Waals surface area (Å²) in [6.07, 6.45) is 10.6. The lowest BCUT2D eigenvalue weighted by atomic mass is 9.99. The van der Waals surface area contributed by atoms with Gasteiger partial charge < -0.3 is 5.32 Å². The quantitative estimate of drug-likeness (QED) is 0.579. The first-order valence-corrected chi connectivity index (χ1v) is 8.62. The molecule has 128 valence electrons. The van der Waals surface area contributed by atoms with Gasteiger partial charge in [0.15, 0.2) is 0 Å². The lowest BCUT2D eigenvalue weighted by Gasteiger charge is -2.20. The van der Waals surface area contributed by atoms with Crippen LogP contribution in [0.4, 0.5) is 5.82 Å². The van der Waals surface area contributed by atoms with Crippen LogP contribution in [0, 0.1) is 0 Å². The van der Waals surface area contributed by atoms with Crippen LogP contribution in [-0.2, 0) is 12.8 Å². The van der Waals surface area contributed by atoms with E-state index in [1.807, 2.05) is 24.4 Å². The third-order valence-electron chi connectivity index (χ3n) is 4.31. The normalized spacial score (nSPS) is 12.0. The topological polar surface area (TPSA) is 63.6 Å². The van der Waals surface area contributed by atoms with E-state index in [0.717, 1.165) is 29.6 Å². The number of hydrogen-bond donors (Lipinski definition) is 1. The molecule has 4 aromatic rings. The first kappa shape index (κ1) is 16.1. The molecule has 1 unspecified atom stereocenters. The van der Waals surface area contributed by atoms with E-state index >= 15 is 0 Å². The Bertz CT molecular complexity index is 926. The van der Waals surface area contributed by atoms with Crippen molar-refractivity contribution in [1.29, 1.82) is 0 Å². The number of aromatic nitrogens is 4. The molecule has 0 aliphatic rings. The van der Waals surface area contributed by atoms with Crippen molar-refractivity contribution in [3.05, 3.63) is 90.8 Å². The SMILES string of the molecule is c1ccc(CC(Cc2cccnc2)Nc2ncnc3cnccc23)cc1. The minimum atomic E-state index is 0.188. The van der Waals surface area contributed by atoms with Gasteiger partial charge in [-0.05, 0) is 36.1 Å². The average molecular weight is 341 g/mol. The van der Waals surface area contributed by atoms with Crippen molar-refractivity contribution in [1.82, 2.24) is 19.9 Å². The zero-order chi connectivity index (χ0) is 17.6. The molecule has 3 aromatic heterocycles. The summed E-state index contributed by atoms with van der Waals surface area (Å²) < 4.78 is 0. The molecule has 1 atom stereocenters. The van der Waals surface area contributed by atoms with E-state index in [1.54, 1.807) is 24.9 Å². The van der Waals surface area contributed by atoms with E-state index in [1.165, 1.54) is 11.1 Å². The lowest BCUT2D eigenvalue weighted by molar-refractivity contribution is 0.705. The maximum atomic E-state index is 4.46. The van der Waals surface area contributed by atoms with Crippen LogP contribution in [0.2, 0.25) is 0 Å². The summed E-state index contributed by atoms with van der Waals surface area (Å²) in [6.45, 7) is 0. The third-order valence-corrected chi connectivity index (χ3v) is 4.31. The summed E-state index contributed by atoms with van der Waals surface area (Å²) in [5.74, 6) is 0.835. The molecule has 0 saturated carbocycles. The molecule has 0 amide bonds. The van der Waals surface area contributed by atoms with Crippen molar-refractivity contribution in [2.24, 2.45) is 0 Å². The van der Waals surface area contributed by atoms with Crippen LogP contribution < -0.4 is 5.32 Å². The van der Waals surface area contributed by atoms with Crippen LogP contribution in [0.1, 0.15) is 11.1 Å². The second kappa shape index (κ2) is 7.70. The van der Waals surface area contributed by atoms with Crippen LogP contribution in [0.15, 0.2) is 79.6 Å². The summed E-state index contributed by atoms with van der Waals surface area (Å²) in [4.78, 5) is 17.1. The second-order valence-electron chi connectivity index (χ2n) is 6.21. The lowest BCUT2D eigenvalue weighted by Crippen LogP contribution is -2.26. The molecule has 0 radical (unpaired) electrons. The Labute approximate surface area is 152 Å². The predicted octanol–water partition coefficient (Wildman–Crippen LogP) is 3.69. The van der Waals surface area contributed by atoms with Gasteiger partial charge in [-0.15, -0.1) is 0 Å². The number of nitrogens with zero attached hydrogens (tertiary/aromatic N) is 4. The average Bonchev–Trinajstić information content (AvgIpc) is 2.70. The highest BCUT2D eigenvalue weighted by Gasteiger charge is 2.14. The standard InChI is InChI=1S/C21H19N5/c1-2-5-16(6-3-1)11-18(12-17-7-4-9-22-13-17)26-21-19-8-10-23-14-20(19)24-15-25-21/h1-10,13-15,18H,11-12H2,(H,24,25,26). The number of rotatable bonds is 6. The molecule has 1 N–H and O–H groups in total. The second-order valence-corrected chi connectivity index (χ2v) is 6.21. The maximum absolute atomic E-state index is 4.46. The van der Waals surface area contributed by atoms with Crippen LogP contribution in [-0.4, -0.2) is 26.0 Å². The van der Waals surface area contributed by atoms with Gasteiger partial charge in [0.05, 0.1) is 11.7 Å². The summed E-state index contributed by atoms with van der Waals surface area (Å²) in [5.41, 5.74) is 3.32. The first-order chi connectivity index (χ1) is 12.9. The summed E-state index contributed by atoms with van der Waals surface area (Å²) in [5, 5.41) is 4.59. The van der Waals surface area contributed by atoms with Crippen molar-refractivity contribution in [2.45, 2.75) is 18.9 Å². The molecule has 0 spiro atoms. The molecule has 5 heteroatoms. The van der Waals surface area contributed by atoms with Gasteiger partial charge in [-0.3, -0.25) is 9.97 Å². The summed E-state index contributed by atoms with van der Waals surface area (Å²) >= 11 is 0. The number of benzene rings is 1. The number of pyridine rings is 2. The van der Waals surface area contributed by atoms with Crippen molar-refractivity contribution < 1.29 is 0 Å². The summed E-state index contributed by atoms with van der Waals surface area (Å²) in [6, 6.07) is 16.7. The van der Waals surface area contributed by atoms with Crippen LogP contribution >= 0.6 is 0 Å². The monoisotopic (exact) mass is 341 g/mol. The molecule has 0 saturated heterocycles. The van der Waals surface area contributed by atoms with Crippen LogP contribution in [0.3, 0.4) is 0 Å². The molecule has 0 aliphatic carbocycles. The highest BCUT2D eigenvalue weighted by atomic mass is 15.0. The fourth-order valence-electron chi connectivity index (χ4n) is 3.09. The van der Waals surface area contributed by atoms with Crippen molar-refractivity contribution in [2.75, 3.05) is 5.32 Å². The molecule has 5 nitrogen and oxygen atoms in total. The Balaban J connectivity index is 1.63. The van der Waals surface area contributed by atoms with Gasteiger partial charge in [0.2, 0.25) is 0 Å². The molecular formula is C21H19N5. The van der Waals surface area contributed by atoms with Crippen molar-refractivity contribution in [3.8, 4) is 0 Å². The van der Waals surface area contributed by atoms with Crippen LogP contribution in [0.25, 0.3) is 10.9 Å². The minimum absolute atomic E-state index is 0.188. The fraction of sp³-hybridized carbons (Fsp3) is 0.143. The van der Waals surface area contributed by atoms with Gasteiger partial charge >= 0.3 is 0 Å². The molecule has 3 heterocycles. The predicted molar refractivity (Wildman–Crippen MR) is 103 cm³/mol. The smallest absolute Gasteiger partial charge is 0.137 e. The van der Waals surface area contributed by atoms with Crippen molar-refractivity contribution >= 4 is 16.7 Å². The Morgan fingerprint density at radius 3 is 2.42 bits per heavy atom. The molecule has 4 rings (SSSR count). The van der Waals surface area contributed by atoms with Gasteiger partial charge in [0.25, 0.3) is 0 Å². The zero-order valence-corrected chi connectivity index (χ0v) is 14.3. The van der Waals surface area contributed by atoms with Gasteiger partial charge in [0, 0.05) is 30.0 Å². The van der Waals surface area contributed by atoms with Gasteiger partial charge in [-0.2, -0.15) is 0 Å². The van der Waals surface area contributed by atoms with Gasteiger partial charge in [0.1, 0.15) is 12.1 Å². The number of anilines is 1. The zero-order valence-electron chi connectivity index (χ0n) is 14.3.